The van der Waals surface area contributed by atoms with E-state index in [1.54, 1.807) is 26.0 Å². The van der Waals surface area contributed by atoms with Crippen molar-refractivity contribution in [1.82, 2.24) is 0 Å². The van der Waals surface area contributed by atoms with Crippen LogP contribution in [0.5, 0.6) is 0 Å². The minimum Gasteiger partial charge on any atom is -0.458 e. The summed E-state index contributed by atoms with van der Waals surface area (Å²) in [7, 11) is 0. The zero-order chi connectivity index (χ0) is 29.7. The van der Waals surface area contributed by atoms with Gasteiger partial charge in [-0.25, -0.2) is 0 Å². The minimum absolute atomic E-state index is 0.106. The number of Topliss-reactive ketones (excluding diaryl/α,β-unsaturated/α-hetero) is 1. The second kappa shape index (κ2) is 11.0. The quantitative estimate of drug-likeness (QED) is 0.195. The normalized spacial score (nSPS) is 39.2. The number of aliphatic hydroxyl groups is 3. The topological polar surface area (TPSA) is 130 Å². The number of carbonyl (C=O) groups excluding carboxylic acids is 3. The van der Waals surface area contributed by atoms with Gasteiger partial charge in [0.1, 0.15) is 11.7 Å². The van der Waals surface area contributed by atoms with Crippen LogP contribution >= 0.6 is 0 Å². The fourth-order valence-electron chi connectivity index (χ4n) is 8.30. The molecule has 40 heavy (non-hydrogen) atoms. The SMILES string of the molecule is CCCCCC(=O)O[C@@H]1[C@@H](C)[C@]2(O)C3C=C(C)C(=O)[C@@]3(O)CC(CO)=C[C@H]2[C@H]2C(C)(C)[C@]12OC(=O)CCCCC. The Bertz CT molecular complexity index is 1090. The molecule has 4 aliphatic rings. The molecule has 0 spiro atoms. The molecule has 224 valence electrons. The van der Waals surface area contributed by atoms with E-state index >= 15 is 0 Å². The smallest absolute Gasteiger partial charge is 0.306 e. The second-order valence-corrected chi connectivity index (χ2v) is 13.2. The first-order valence-electron chi connectivity index (χ1n) is 15.2. The van der Waals surface area contributed by atoms with E-state index in [0.29, 0.717) is 24.0 Å². The molecule has 8 heteroatoms. The van der Waals surface area contributed by atoms with Crippen molar-refractivity contribution in [3.05, 3.63) is 23.3 Å². The summed E-state index contributed by atoms with van der Waals surface area (Å²) in [4.78, 5) is 39.7. The monoisotopic (exact) mass is 560 g/mol. The molecule has 0 aromatic rings. The predicted octanol–water partition coefficient (Wildman–Crippen LogP) is 4.19. The molecule has 4 aliphatic carbocycles. The Kier molecular flexibility index (Phi) is 8.50. The number of hydrogen-bond acceptors (Lipinski definition) is 8. The van der Waals surface area contributed by atoms with Crippen LogP contribution in [-0.4, -0.2) is 62.6 Å². The van der Waals surface area contributed by atoms with Gasteiger partial charge < -0.3 is 24.8 Å². The maximum atomic E-state index is 13.3. The molecule has 8 nitrogen and oxygen atoms in total. The van der Waals surface area contributed by atoms with Crippen molar-refractivity contribution in [1.29, 1.82) is 0 Å². The molecule has 4 rings (SSSR count). The van der Waals surface area contributed by atoms with Gasteiger partial charge in [0.25, 0.3) is 0 Å². The Morgan fingerprint density at radius 1 is 1.00 bits per heavy atom. The first kappa shape index (κ1) is 30.9. The van der Waals surface area contributed by atoms with Crippen molar-refractivity contribution in [3.8, 4) is 0 Å². The van der Waals surface area contributed by atoms with E-state index in [-0.39, 0.29) is 31.8 Å². The molecule has 0 heterocycles. The van der Waals surface area contributed by atoms with Crippen LogP contribution < -0.4 is 0 Å². The van der Waals surface area contributed by atoms with Gasteiger partial charge >= 0.3 is 11.9 Å². The van der Waals surface area contributed by atoms with Crippen LogP contribution in [0.2, 0.25) is 0 Å². The molecule has 2 saturated carbocycles. The van der Waals surface area contributed by atoms with Gasteiger partial charge in [0.05, 0.1) is 12.2 Å². The largest absolute Gasteiger partial charge is 0.458 e. The fraction of sp³-hybridized carbons (Fsp3) is 0.781. The van der Waals surface area contributed by atoms with Gasteiger partial charge in [-0.05, 0) is 30.9 Å². The summed E-state index contributed by atoms with van der Waals surface area (Å²) < 4.78 is 12.5. The number of carbonyl (C=O) groups is 3. The average Bonchev–Trinajstić information content (AvgIpc) is 3.32. The number of esters is 2. The number of hydrogen-bond donors (Lipinski definition) is 3. The molecule has 0 aromatic heterocycles. The highest BCUT2D eigenvalue weighted by Gasteiger charge is 2.87. The van der Waals surface area contributed by atoms with Gasteiger partial charge in [-0.15, -0.1) is 0 Å². The van der Waals surface area contributed by atoms with Gasteiger partial charge in [-0.2, -0.15) is 0 Å². The lowest BCUT2D eigenvalue weighted by molar-refractivity contribution is -0.229. The molecular formula is C32H48O8. The lowest BCUT2D eigenvalue weighted by Crippen LogP contribution is -2.66. The molecule has 0 amide bonds. The van der Waals surface area contributed by atoms with Crippen LogP contribution in [-0.2, 0) is 23.9 Å². The van der Waals surface area contributed by atoms with E-state index in [2.05, 4.69) is 6.92 Å². The van der Waals surface area contributed by atoms with Gasteiger partial charge in [-0.3, -0.25) is 14.4 Å². The zero-order valence-electron chi connectivity index (χ0n) is 25.0. The predicted molar refractivity (Wildman–Crippen MR) is 149 cm³/mol. The summed E-state index contributed by atoms with van der Waals surface area (Å²) in [6, 6.07) is 0. The van der Waals surface area contributed by atoms with Crippen molar-refractivity contribution in [2.75, 3.05) is 6.61 Å². The summed E-state index contributed by atoms with van der Waals surface area (Å²) in [6.07, 6.45) is 7.83. The molecule has 8 atom stereocenters. The van der Waals surface area contributed by atoms with Crippen molar-refractivity contribution in [3.63, 3.8) is 0 Å². The molecule has 0 radical (unpaired) electrons. The van der Waals surface area contributed by atoms with E-state index < -0.39 is 63.7 Å². The fourth-order valence-corrected chi connectivity index (χ4v) is 8.30. The molecule has 3 N–H and O–H groups in total. The number of ether oxygens (including phenoxy) is 2. The molecule has 2 fully saturated rings. The first-order chi connectivity index (χ1) is 18.8. The molecular weight excluding hydrogens is 512 g/mol. The Morgan fingerprint density at radius 2 is 1.60 bits per heavy atom. The molecule has 0 saturated heterocycles. The van der Waals surface area contributed by atoms with Gasteiger partial charge in [0, 0.05) is 48.3 Å². The number of unbranched alkanes of at least 4 members (excludes halogenated alkanes) is 4. The molecule has 0 bridgehead atoms. The number of aliphatic hydroxyl groups excluding tert-OH is 1. The second-order valence-electron chi connectivity index (χ2n) is 13.2. The average molecular weight is 561 g/mol. The number of fused-ring (bicyclic) bond motifs is 5. The highest BCUT2D eigenvalue weighted by molar-refractivity contribution is 6.04. The molecule has 1 unspecified atom stereocenters. The van der Waals surface area contributed by atoms with Crippen molar-refractivity contribution < 1.29 is 39.2 Å². The maximum Gasteiger partial charge on any atom is 0.306 e. The summed E-state index contributed by atoms with van der Waals surface area (Å²) in [5.74, 6) is -4.15. The maximum absolute atomic E-state index is 13.3. The van der Waals surface area contributed by atoms with Crippen LogP contribution in [0.3, 0.4) is 0 Å². The zero-order valence-corrected chi connectivity index (χ0v) is 25.0. The standard InChI is InChI=1S/C32H48O8/c1-7-9-11-13-24(34)39-28-20(4)31(38)22(16-21(18-33)17-30(37)23(31)15-19(3)27(30)36)26-29(5,6)32(26,28)40-25(35)14-12-10-8-2/h15-16,20,22-23,26,28,33,37-38H,7-14,17-18H2,1-6H3/t20-,22+,23?,26+,28-,30-,31-,32-/m1/s1. The summed E-state index contributed by atoms with van der Waals surface area (Å²) in [5.41, 5.74) is -4.70. The third-order valence-corrected chi connectivity index (χ3v) is 10.5. The summed E-state index contributed by atoms with van der Waals surface area (Å²) in [6.45, 7) is 11.0. The summed E-state index contributed by atoms with van der Waals surface area (Å²) >= 11 is 0. The Balaban J connectivity index is 1.82. The van der Waals surface area contributed by atoms with E-state index in [9.17, 15) is 29.7 Å². The Labute approximate surface area is 238 Å². The Morgan fingerprint density at radius 3 is 2.17 bits per heavy atom. The van der Waals surface area contributed by atoms with Crippen molar-refractivity contribution in [2.45, 2.75) is 122 Å². The first-order valence-corrected chi connectivity index (χ1v) is 15.2. The van der Waals surface area contributed by atoms with Crippen LogP contribution in [0.25, 0.3) is 0 Å². The van der Waals surface area contributed by atoms with Crippen molar-refractivity contribution in [2.24, 2.45) is 29.1 Å². The highest BCUT2D eigenvalue weighted by atomic mass is 16.6. The van der Waals surface area contributed by atoms with Crippen LogP contribution in [0.15, 0.2) is 23.3 Å². The lowest BCUT2D eigenvalue weighted by Gasteiger charge is -2.53. The van der Waals surface area contributed by atoms with Crippen LogP contribution in [0, 0.1) is 29.1 Å². The molecule has 0 aliphatic heterocycles. The van der Waals surface area contributed by atoms with Gasteiger partial charge in [0.2, 0.25) is 0 Å². The van der Waals surface area contributed by atoms with E-state index in [0.717, 1.165) is 25.7 Å². The van der Waals surface area contributed by atoms with E-state index in [1.165, 1.54) is 0 Å². The van der Waals surface area contributed by atoms with Gasteiger partial charge in [0.15, 0.2) is 11.4 Å². The molecule has 0 aromatic carbocycles. The van der Waals surface area contributed by atoms with E-state index in [1.807, 2.05) is 20.8 Å². The highest BCUT2D eigenvalue weighted by Crippen LogP contribution is 2.77. The van der Waals surface area contributed by atoms with Crippen molar-refractivity contribution >= 4 is 17.7 Å². The third-order valence-electron chi connectivity index (χ3n) is 10.5. The lowest BCUT2D eigenvalue weighted by atomic mass is 9.59. The van der Waals surface area contributed by atoms with Crippen LogP contribution in [0.1, 0.15) is 99.3 Å². The summed E-state index contributed by atoms with van der Waals surface area (Å²) in [5, 5.41) is 34.8. The van der Waals surface area contributed by atoms with E-state index in [4.69, 9.17) is 9.47 Å². The minimum atomic E-state index is -1.93. The number of rotatable bonds is 11. The Hall–Kier alpha value is -2.03. The van der Waals surface area contributed by atoms with Gasteiger partial charge in [-0.1, -0.05) is 72.5 Å². The van der Waals surface area contributed by atoms with Crippen LogP contribution in [0.4, 0.5) is 0 Å². The number of ketones is 1. The third kappa shape index (κ3) is 4.49.